The molecule has 0 radical (unpaired) electrons. The molecular formula is C29H29Br2N3O3. The van der Waals surface area contributed by atoms with Crippen molar-refractivity contribution >= 4 is 49.0 Å². The van der Waals surface area contributed by atoms with Crippen molar-refractivity contribution in [2.45, 2.75) is 40.5 Å². The van der Waals surface area contributed by atoms with Gasteiger partial charge in [-0.3, -0.25) is 4.79 Å². The van der Waals surface area contributed by atoms with Crippen LogP contribution in [0.2, 0.25) is 0 Å². The Labute approximate surface area is 233 Å². The standard InChI is InChI=1S/C29H29Br2N3O3/c1-6-36-26-12-18(5)22(15-21(26)17(3)4)28-33-25-11-9-8-10-20(25)29(35)34(28)32-16-19-13-23(30)27(37-7-2)24(31)14-19/h8-17H,6-7H2,1-5H3. The minimum absolute atomic E-state index is 0.226. The lowest BCUT2D eigenvalue weighted by Gasteiger charge is -2.18. The number of aromatic nitrogens is 2. The number of hydrogen-bond donors (Lipinski definition) is 0. The molecule has 0 spiro atoms. The van der Waals surface area contributed by atoms with E-state index in [0.717, 1.165) is 42.7 Å². The fraction of sp³-hybridized carbons (Fsp3) is 0.276. The highest BCUT2D eigenvalue weighted by Crippen LogP contribution is 2.35. The van der Waals surface area contributed by atoms with Crippen LogP contribution in [0.15, 0.2) is 67.4 Å². The van der Waals surface area contributed by atoms with Crippen LogP contribution in [-0.4, -0.2) is 29.1 Å². The second kappa shape index (κ2) is 11.6. The van der Waals surface area contributed by atoms with Gasteiger partial charge in [0.25, 0.3) is 5.56 Å². The normalized spacial score (nSPS) is 11.6. The second-order valence-corrected chi connectivity index (χ2v) is 10.6. The number of nitrogens with zero attached hydrogens (tertiary/aromatic N) is 3. The van der Waals surface area contributed by atoms with E-state index < -0.39 is 0 Å². The number of rotatable bonds is 8. The highest BCUT2D eigenvalue weighted by molar-refractivity contribution is 9.11. The molecule has 1 aromatic heterocycles. The Morgan fingerprint density at radius 3 is 2.35 bits per heavy atom. The van der Waals surface area contributed by atoms with Gasteiger partial charge in [-0.25, -0.2) is 4.98 Å². The third-order valence-electron chi connectivity index (χ3n) is 5.90. The van der Waals surface area contributed by atoms with Crippen molar-refractivity contribution in [1.82, 2.24) is 9.66 Å². The molecule has 0 aliphatic carbocycles. The summed E-state index contributed by atoms with van der Waals surface area (Å²) in [6, 6.07) is 15.2. The van der Waals surface area contributed by atoms with E-state index in [2.05, 4.69) is 56.9 Å². The van der Waals surface area contributed by atoms with E-state index in [1.165, 1.54) is 4.68 Å². The van der Waals surface area contributed by atoms with Crippen LogP contribution in [0.1, 0.15) is 50.3 Å². The zero-order valence-corrected chi connectivity index (χ0v) is 24.7. The second-order valence-electron chi connectivity index (χ2n) is 8.85. The van der Waals surface area contributed by atoms with Gasteiger partial charge in [-0.05, 0) is 112 Å². The fourth-order valence-corrected chi connectivity index (χ4v) is 5.59. The SMILES string of the molecule is CCOc1cc(C)c(-c2nc3ccccc3c(=O)n2N=Cc2cc(Br)c(OCC)c(Br)c2)cc1C(C)C. The van der Waals surface area contributed by atoms with Crippen LogP contribution in [0.3, 0.4) is 0 Å². The molecule has 8 heteroatoms. The minimum atomic E-state index is -0.236. The van der Waals surface area contributed by atoms with Crippen LogP contribution in [0.25, 0.3) is 22.3 Å². The summed E-state index contributed by atoms with van der Waals surface area (Å²) < 4.78 is 14.6. The van der Waals surface area contributed by atoms with E-state index in [9.17, 15) is 4.79 Å². The molecular weight excluding hydrogens is 598 g/mol. The van der Waals surface area contributed by atoms with Gasteiger partial charge in [-0.15, -0.1) is 0 Å². The number of hydrogen-bond acceptors (Lipinski definition) is 5. The molecule has 37 heavy (non-hydrogen) atoms. The van der Waals surface area contributed by atoms with E-state index in [1.54, 1.807) is 12.3 Å². The van der Waals surface area contributed by atoms with E-state index in [-0.39, 0.29) is 11.5 Å². The first-order valence-electron chi connectivity index (χ1n) is 12.2. The molecule has 0 amide bonds. The van der Waals surface area contributed by atoms with Crippen LogP contribution < -0.4 is 15.0 Å². The van der Waals surface area contributed by atoms with Crippen LogP contribution in [0, 0.1) is 6.92 Å². The lowest BCUT2D eigenvalue weighted by atomic mass is 9.96. The molecule has 1 heterocycles. The molecule has 0 atom stereocenters. The predicted molar refractivity (Wildman–Crippen MR) is 157 cm³/mol. The molecule has 0 aliphatic rings. The summed E-state index contributed by atoms with van der Waals surface area (Å²) in [5, 5.41) is 5.14. The van der Waals surface area contributed by atoms with Crippen molar-refractivity contribution in [3.63, 3.8) is 0 Å². The Balaban J connectivity index is 1.94. The van der Waals surface area contributed by atoms with Gasteiger partial charge in [0.15, 0.2) is 5.82 Å². The summed E-state index contributed by atoms with van der Waals surface area (Å²) in [7, 11) is 0. The number of benzene rings is 3. The number of aryl methyl sites for hydroxylation is 1. The Morgan fingerprint density at radius 1 is 1.03 bits per heavy atom. The molecule has 0 bridgehead atoms. The van der Waals surface area contributed by atoms with Crippen LogP contribution in [-0.2, 0) is 0 Å². The maximum Gasteiger partial charge on any atom is 0.282 e. The van der Waals surface area contributed by atoms with Gasteiger partial charge in [-0.1, -0.05) is 26.0 Å². The maximum atomic E-state index is 13.7. The number of para-hydroxylation sites is 1. The Morgan fingerprint density at radius 2 is 1.70 bits per heavy atom. The Hall–Kier alpha value is -2.97. The minimum Gasteiger partial charge on any atom is -0.494 e. The fourth-order valence-electron chi connectivity index (χ4n) is 4.14. The summed E-state index contributed by atoms with van der Waals surface area (Å²) >= 11 is 7.13. The molecule has 0 aliphatic heterocycles. The molecule has 4 rings (SSSR count). The third-order valence-corrected chi connectivity index (χ3v) is 7.08. The monoisotopic (exact) mass is 625 g/mol. The molecule has 0 saturated carbocycles. The highest BCUT2D eigenvalue weighted by atomic mass is 79.9. The Kier molecular flexibility index (Phi) is 8.49. The quantitative estimate of drug-likeness (QED) is 0.188. The lowest BCUT2D eigenvalue weighted by molar-refractivity contribution is 0.335. The molecule has 0 saturated heterocycles. The van der Waals surface area contributed by atoms with Gasteiger partial charge >= 0.3 is 0 Å². The topological polar surface area (TPSA) is 65.7 Å². The van der Waals surface area contributed by atoms with Crippen molar-refractivity contribution in [3.05, 3.63) is 84.5 Å². The maximum absolute atomic E-state index is 13.7. The number of ether oxygens (including phenoxy) is 2. The van der Waals surface area contributed by atoms with Gasteiger partial charge in [0.2, 0.25) is 0 Å². The first kappa shape index (κ1) is 27.1. The number of halogens is 2. The van der Waals surface area contributed by atoms with Crippen LogP contribution >= 0.6 is 31.9 Å². The average molecular weight is 627 g/mol. The molecule has 3 aromatic carbocycles. The summed E-state index contributed by atoms with van der Waals surface area (Å²) in [5.74, 6) is 2.27. The van der Waals surface area contributed by atoms with Crippen LogP contribution in [0.4, 0.5) is 0 Å². The molecule has 6 nitrogen and oxygen atoms in total. The summed E-state index contributed by atoms with van der Waals surface area (Å²) in [5.41, 5.74) is 4.02. The van der Waals surface area contributed by atoms with Crippen molar-refractivity contribution < 1.29 is 9.47 Å². The van der Waals surface area contributed by atoms with E-state index >= 15 is 0 Å². The van der Waals surface area contributed by atoms with E-state index in [4.69, 9.17) is 14.5 Å². The van der Waals surface area contributed by atoms with Gasteiger partial charge in [-0.2, -0.15) is 9.78 Å². The predicted octanol–water partition coefficient (Wildman–Crippen LogP) is 7.70. The lowest BCUT2D eigenvalue weighted by Crippen LogP contribution is -2.21. The molecule has 0 N–H and O–H groups in total. The Bertz CT molecular complexity index is 1520. The summed E-state index contributed by atoms with van der Waals surface area (Å²) in [6.07, 6.45) is 1.65. The highest BCUT2D eigenvalue weighted by Gasteiger charge is 2.18. The molecule has 0 unspecified atom stereocenters. The zero-order valence-electron chi connectivity index (χ0n) is 21.5. The van der Waals surface area contributed by atoms with E-state index in [1.807, 2.05) is 57.2 Å². The molecule has 0 fully saturated rings. The van der Waals surface area contributed by atoms with Gasteiger partial charge in [0.1, 0.15) is 11.5 Å². The van der Waals surface area contributed by atoms with Crippen molar-refractivity contribution in [3.8, 4) is 22.9 Å². The van der Waals surface area contributed by atoms with Gasteiger partial charge < -0.3 is 9.47 Å². The van der Waals surface area contributed by atoms with Crippen molar-refractivity contribution in [2.24, 2.45) is 5.10 Å². The van der Waals surface area contributed by atoms with Gasteiger partial charge in [0.05, 0.1) is 39.3 Å². The summed E-state index contributed by atoms with van der Waals surface area (Å²) in [6.45, 7) is 11.3. The average Bonchev–Trinajstić information content (AvgIpc) is 2.86. The van der Waals surface area contributed by atoms with Crippen molar-refractivity contribution in [2.75, 3.05) is 13.2 Å². The van der Waals surface area contributed by atoms with E-state index in [0.29, 0.717) is 29.9 Å². The van der Waals surface area contributed by atoms with Crippen LogP contribution in [0.5, 0.6) is 11.5 Å². The van der Waals surface area contributed by atoms with Gasteiger partial charge in [0, 0.05) is 5.56 Å². The smallest absolute Gasteiger partial charge is 0.282 e. The summed E-state index contributed by atoms with van der Waals surface area (Å²) in [4.78, 5) is 18.6. The first-order chi connectivity index (χ1) is 17.7. The molecule has 4 aromatic rings. The third kappa shape index (κ3) is 5.65. The largest absolute Gasteiger partial charge is 0.494 e. The zero-order chi connectivity index (χ0) is 26.7. The first-order valence-corrected chi connectivity index (χ1v) is 13.8. The van der Waals surface area contributed by atoms with Crippen molar-refractivity contribution in [1.29, 1.82) is 0 Å². The molecule has 192 valence electrons. The number of fused-ring (bicyclic) bond motifs is 1.